The van der Waals surface area contributed by atoms with E-state index in [1.807, 2.05) is 12.1 Å². The highest BCUT2D eigenvalue weighted by atomic mass is 16.5. The van der Waals surface area contributed by atoms with E-state index in [1.54, 1.807) is 13.2 Å². The van der Waals surface area contributed by atoms with Crippen LogP contribution in [-0.4, -0.2) is 31.3 Å². The van der Waals surface area contributed by atoms with Crippen molar-refractivity contribution in [1.29, 1.82) is 0 Å². The highest BCUT2D eigenvalue weighted by Crippen LogP contribution is 2.19. The third kappa shape index (κ3) is 1.80. The van der Waals surface area contributed by atoms with Crippen LogP contribution in [0, 0.1) is 0 Å². The van der Waals surface area contributed by atoms with Gasteiger partial charge in [-0.2, -0.15) is 0 Å². The van der Waals surface area contributed by atoms with Crippen molar-refractivity contribution in [3.05, 3.63) is 18.2 Å². The van der Waals surface area contributed by atoms with Crippen molar-refractivity contribution in [3.63, 3.8) is 0 Å². The standard InChI is InChI=1S/C10H15N3O/c1-14-8-5-6-13(7-8)10-4-2-3-9(11)12-10/h2-4,8H,5-7H2,1H3,(H2,11,12)/t8-/m1/s1. The van der Waals surface area contributed by atoms with Gasteiger partial charge in [-0.05, 0) is 18.6 Å². The summed E-state index contributed by atoms with van der Waals surface area (Å²) < 4.78 is 5.29. The Labute approximate surface area is 83.7 Å². The van der Waals surface area contributed by atoms with Gasteiger partial charge in [-0.1, -0.05) is 6.07 Å². The normalized spacial score (nSPS) is 21.5. The summed E-state index contributed by atoms with van der Waals surface area (Å²) >= 11 is 0. The van der Waals surface area contributed by atoms with Gasteiger partial charge in [0, 0.05) is 20.2 Å². The molecule has 1 saturated heterocycles. The van der Waals surface area contributed by atoms with E-state index in [2.05, 4.69) is 9.88 Å². The van der Waals surface area contributed by atoms with E-state index in [0.717, 1.165) is 25.3 Å². The monoisotopic (exact) mass is 193 g/mol. The molecule has 4 nitrogen and oxygen atoms in total. The topological polar surface area (TPSA) is 51.4 Å². The maximum absolute atomic E-state index is 5.62. The van der Waals surface area contributed by atoms with Crippen LogP contribution in [-0.2, 0) is 4.74 Å². The third-order valence-corrected chi connectivity index (χ3v) is 2.56. The number of methoxy groups -OCH3 is 1. The molecule has 1 aliphatic rings. The molecular formula is C10H15N3O. The second kappa shape index (κ2) is 3.84. The molecule has 1 aromatic heterocycles. The minimum atomic E-state index is 0.332. The Morgan fingerprint density at radius 2 is 2.43 bits per heavy atom. The second-order valence-corrected chi connectivity index (χ2v) is 3.51. The lowest BCUT2D eigenvalue weighted by atomic mass is 10.3. The van der Waals surface area contributed by atoms with Gasteiger partial charge in [-0.3, -0.25) is 0 Å². The van der Waals surface area contributed by atoms with E-state index in [-0.39, 0.29) is 0 Å². The van der Waals surface area contributed by atoms with Gasteiger partial charge in [0.05, 0.1) is 6.10 Å². The lowest BCUT2D eigenvalue weighted by Crippen LogP contribution is -2.23. The first-order valence-corrected chi connectivity index (χ1v) is 4.80. The molecule has 0 amide bonds. The van der Waals surface area contributed by atoms with Crippen molar-refractivity contribution in [2.75, 3.05) is 30.8 Å². The predicted octanol–water partition coefficient (Wildman–Crippen LogP) is 0.889. The van der Waals surface area contributed by atoms with Crippen molar-refractivity contribution in [2.45, 2.75) is 12.5 Å². The Kier molecular flexibility index (Phi) is 2.54. The molecule has 1 atom stereocenters. The minimum absolute atomic E-state index is 0.332. The molecule has 0 aliphatic carbocycles. The zero-order chi connectivity index (χ0) is 9.97. The molecule has 1 aliphatic heterocycles. The zero-order valence-electron chi connectivity index (χ0n) is 8.31. The Bertz CT molecular complexity index is 316. The van der Waals surface area contributed by atoms with Crippen molar-refractivity contribution < 1.29 is 4.74 Å². The van der Waals surface area contributed by atoms with Crippen LogP contribution in [0.2, 0.25) is 0 Å². The largest absolute Gasteiger partial charge is 0.384 e. The summed E-state index contributed by atoms with van der Waals surface area (Å²) in [5, 5.41) is 0. The van der Waals surface area contributed by atoms with Crippen LogP contribution < -0.4 is 10.6 Å². The molecule has 0 radical (unpaired) electrons. The van der Waals surface area contributed by atoms with Crippen LogP contribution in [0.3, 0.4) is 0 Å². The number of anilines is 2. The number of pyridine rings is 1. The Morgan fingerprint density at radius 1 is 1.57 bits per heavy atom. The molecular weight excluding hydrogens is 178 g/mol. The molecule has 0 bridgehead atoms. The molecule has 76 valence electrons. The van der Waals surface area contributed by atoms with Gasteiger partial charge in [0.15, 0.2) is 0 Å². The summed E-state index contributed by atoms with van der Waals surface area (Å²) in [5.41, 5.74) is 5.62. The first-order chi connectivity index (χ1) is 6.79. The van der Waals surface area contributed by atoms with E-state index in [9.17, 15) is 0 Å². The Hall–Kier alpha value is -1.29. The number of rotatable bonds is 2. The molecule has 2 rings (SSSR count). The quantitative estimate of drug-likeness (QED) is 0.757. The van der Waals surface area contributed by atoms with Crippen LogP contribution in [0.15, 0.2) is 18.2 Å². The maximum atomic E-state index is 5.62. The lowest BCUT2D eigenvalue weighted by Gasteiger charge is -2.16. The molecule has 2 heterocycles. The molecule has 0 unspecified atom stereocenters. The van der Waals surface area contributed by atoms with Gasteiger partial charge in [0.1, 0.15) is 11.6 Å². The van der Waals surface area contributed by atoms with Gasteiger partial charge < -0.3 is 15.4 Å². The van der Waals surface area contributed by atoms with Crippen molar-refractivity contribution in [3.8, 4) is 0 Å². The zero-order valence-corrected chi connectivity index (χ0v) is 8.31. The van der Waals surface area contributed by atoms with Crippen LogP contribution in [0.4, 0.5) is 11.6 Å². The van der Waals surface area contributed by atoms with Crippen molar-refractivity contribution >= 4 is 11.6 Å². The van der Waals surface area contributed by atoms with Crippen LogP contribution in [0.25, 0.3) is 0 Å². The average Bonchev–Trinajstić information content (AvgIpc) is 2.66. The SMILES string of the molecule is CO[C@@H]1CCN(c2cccc(N)n2)C1. The highest BCUT2D eigenvalue weighted by Gasteiger charge is 2.22. The summed E-state index contributed by atoms with van der Waals surface area (Å²) in [7, 11) is 1.75. The summed E-state index contributed by atoms with van der Waals surface area (Å²) in [6, 6.07) is 5.71. The summed E-state index contributed by atoms with van der Waals surface area (Å²) in [4.78, 5) is 6.47. The smallest absolute Gasteiger partial charge is 0.131 e. The van der Waals surface area contributed by atoms with Gasteiger partial charge >= 0.3 is 0 Å². The van der Waals surface area contributed by atoms with E-state index in [0.29, 0.717) is 11.9 Å². The van der Waals surface area contributed by atoms with Gasteiger partial charge in [0.2, 0.25) is 0 Å². The number of hydrogen-bond donors (Lipinski definition) is 1. The fourth-order valence-corrected chi connectivity index (χ4v) is 1.74. The summed E-state index contributed by atoms with van der Waals surface area (Å²) in [6.45, 7) is 1.90. The fourth-order valence-electron chi connectivity index (χ4n) is 1.74. The molecule has 14 heavy (non-hydrogen) atoms. The summed E-state index contributed by atoms with van der Waals surface area (Å²) in [5.74, 6) is 1.52. The first-order valence-electron chi connectivity index (χ1n) is 4.80. The molecule has 1 fully saturated rings. The predicted molar refractivity (Wildman–Crippen MR) is 56.3 cm³/mol. The molecule has 4 heteroatoms. The van der Waals surface area contributed by atoms with Gasteiger partial charge in [-0.25, -0.2) is 4.98 Å². The molecule has 1 aromatic rings. The summed E-state index contributed by atoms with van der Waals surface area (Å²) in [6.07, 6.45) is 1.39. The van der Waals surface area contributed by atoms with Crippen molar-refractivity contribution in [1.82, 2.24) is 4.98 Å². The van der Waals surface area contributed by atoms with Crippen LogP contribution >= 0.6 is 0 Å². The fraction of sp³-hybridized carbons (Fsp3) is 0.500. The van der Waals surface area contributed by atoms with E-state index >= 15 is 0 Å². The molecule has 2 N–H and O–H groups in total. The first kappa shape index (κ1) is 9.27. The Morgan fingerprint density at radius 3 is 3.07 bits per heavy atom. The lowest BCUT2D eigenvalue weighted by molar-refractivity contribution is 0.121. The number of ether oxygens (including phenoxy) is 1. The second-order valence-electron chi connectivity index (χ2n) is 3.51. The van der Waals surface area contributed by atoms with Gasteiger partial charge in [-0.15, -0.1) is 0 Å². The Balaban J connectivity index is 2.09. The van der Waals surface area contributed by atoms with Gasteiger partial charge in [0.25, 0.3) is 0 Å². The van der Waals surface area contributed by atoms with E-state index in [1.165, 1.54) is 0 Å². The van der Waals surface area contributed by atoms with Crippen molar-refractivity contribution in [2.24, 2.45) is 0 Å². The minimum Gasteiger partial charge on any atom is -0.384 e. The number of nitrogens with zero attached hydrogens (tertiary/aromatic N) is 2. The number of nitrogens with two attached hydrogens (primary N) is 1. The molecule has 0 saturated carbocycles. The van der Waals surface area contributed by atoms with E-state index in [4.69, 9.17) is 10.5 Å². The highest BCUT2D eigenvalue weighted by molar-refractivity contribution is 5.45. The number of hydrogen-bond acceptors (Lipinski definition) is 4. The number of nitrogen functional groups attached to an aromatic ring is 1. The third-order valence-electron chi connectivity index (χ3n) is 2.56. The molecule has 0 aromatic carbocycles. The average molecular weight is 193 g/mol. The van der Waals surface area contributed by atoms with Crippen LogP contribution in [0.5, 0.6) is 0 Å². The van der Waals surface area contributed by atoms with Crippen LogP contribution in [0.1, 0.15) is 6.42 Å². The maximum Gasteiger partial charge on any atom is 0.131 e. The number of aromatic nitrogens is 1. The van der Waals surface area contributed by atoms with E-state index < -0.39 is 0 Å². The molecule has 0 spiro atoms.